The van der Waals surface area contributed by atoms with Crippen molar-refractivity contribution >= 4 is 17.3 Å². The van der Waals surface area contributed by atoms with Gasteiger partial charge >= 0.3 is 0 Å². The number of thiophene rings is 1. The second-order valence-electron chi connectivity index (χ2n) is 5.23. The topological polar surface area (TPSA) is 68.9 Å². The molecule has 2 rings (SSSR count). The Bertz CT molecular complexity index is 638. The van der Waals surface area contributed by atoms with Gasteiger partial charge in [-0.05, 0) is 41.6 Å². The summed E-state index contributed by atoms with van der Waals surface area (Å²) in [6.45, 7) is 3.16. The standard InChI is InChI=1S/C17H23N3O2S/c1-12(10-21-2)20-17(18)19-9-16-8-14(11-23-16)13-4-6-15(22-3)7-5-13/h4-8,11-12H,9-10H2,1-3H3,(H3,18,19,20). The molecule has 0 aliphatic heterocycles. The van der Waals surface area contributed by atoms with Crippen LogP contribution in [-0.2, 0) is 11.3 Å². The van der Waals surface area contributed by atoms with E-state index < -0.39 is 0 Å². The number of methoxy groups -OCH3 is 2. The molecule has 0 fully saturated rings. The van der Waals surface area contributed by atoms with Gasteiger partial charge in [-0.25, -0.2) is 4.99 Å². The molecule has 23 heavy (non-hydrogen) atoms. The van der Waals surface area contributed by atoms with E-state index >= 15 is 0 Å². The Hall–Kier alpha value is -2.05. The van der Waals surface area contributed by atoms with Crippen molar-refractivity contribution in [2.75, 3.05) is 20.8 Å². The lowest BCUT2D eigenvalue weighted by atomic mass is 10.1. The van der Waals surface area contributed by atoms with Crippen LogP contribution < -0.4 is 15.8 Å². The van der Waals surface area contributed by atoms with Gasteiger partial charge in [-0.3, -0.25) is 0 Å². The van der Waals surface area contributed by atoms with Gasteiger partial charge in [0.05, 0.1) is 20.3 Å². The highest BCUT2D eigenvalue weighted by Gasteiger charge is 2.04. The molecule has 0 bridgehead atoms. The van der Waals surface area contributed by atoms with E-state index in [0.717, 1.165) is 11.3 Å². The minimum absolute atomic E-state index is 0.141. The zero-order valence-electron chi connectivity index (χ0n) is 13.7. The first-order chi connectivity index (χ1) is 11.1. The SMILES string of the molecule is COCC(C)NC(N)=NCc1cc(-c2ccc(OC)cc2)cs1. The second-order valence-corrected chi connectivity index (χ2v) is 6.23. The monoisotopic (exact) mass is 333 g/mol. The van der Waals surface area contributed by atoms with Crippen LogP contribution >= 0.6 is 11.3 Å². The van der Waals surface area contributed by atoms with Crippen LogP contribution in [0.2, 0.25) is 0 Å². The number of nitrogens with two attached hydrogens (primary N) is 1. The molecule has 1 heterocycles. The van der Waals surface area contributed by atoms with Crippen molar-refractivity contribution in [3.8, 4) is 16.9 Å². The molecule has 1 unspecified atom stereocenters. The Morgan fingerprint density at radius 1 is 1.26 bits per heavy atom. The number of nitrogens with one attached hydrogen (secondary N) is 1. The highest BCUT2D eigenvalue weighted by atomic mass is 32.1. The summed E-state index contributed by atoms with van der Waals surface area (Å²) < 4.78 is 10.2. The molecule has 0 spiro atoms. The highest BCUT2D eigenvalue weighted by Crippen LogP contribution is 2.27. The summed E-state index contributed by atoms with van der Waals surface area (Å²) in [6, 6.07) is 10.3. The van der Waals surface area contributed by atoms with Gasteiger partial charge in [0.25, 0.3) is 0 Å². The maximum Gasteiger partial charge on any atom is 0.189 e. The normalized spacial score (nSPS) is 12.9. The lowest BCUT2D eigenvalue weighted by molar-refractivity contribution is 0.179. The van der Waals surface area contributed by atoms with Gasteiger partial charge in [-0.2, -0.15) is 0 Å². The number of benzene rings is 1. The summed E-state index contributed by atoms with van der Waals surface area (Å²) in [5, 5.41) is 5.22. The quantitative estimate of drug-likeness (QED) is 0.604. The molecule has 0 aliphatic carbocycles. The molecule has 0 radical (unpaired) electrons. The maximum absolute atomic E-state index is 5.88. The average molecular weight is 333 g/mol. The largest absolute Gasteiger partial charge is 0.497 e. The fourth-order valence-electron chi connectivity index (χ4n) is 2.15. The summed E-state index contributed by atoms with van der Waals surface area (Å²) in [4.78, 5) is 5.54. The van der Waals surface area contributed by atoms with Crippen LogP contribution in [0.4, 0.5) is 0 Å². The molecule has 0 saturated heterocycles. The van der Waals surface area contributed by atoms with E-state index in [4.69, 9.17) is 15.2 Å². The number of hydrogen-bond donors (Lipinski definition) is 2. The molecule has 5 nitrogen and oxygen atoms in total. The lowest BCUT2D eigenvalue weighted by Gasteiger charge is -2.12. The maximum atomic E-state index is 5.88. The molecule has 0 amide bonds. The molecule has 6 heteroatoms. The zero-order valence-corrected chi connectivity index (χ0v) is 14.5. The van der Waals surface area contributed by atoms with Crippen molar-refractivity contribution < 1.29 is 9.47 Å². The molecule has 1 atom stereocenters. The van der Waals surface area contributed by atoms with Crippen LogP contribution in [0.15, 0.2) is 40.7 Å². The second kappa shape index (κ2) is 8.55. The van der Waals surface area contributed by atoms with Crippen LogP contribution in [0.3, 0.4) is 0 Å². The van der Waals surface area contributed by atoms with Gasteiger partial charge in [-0.15, -0.1) is 11.3 Å². The molecular weight excluding hydrogens is 310 g/mol. The number of nitrogens with zero attached hydrogens (tertiary/aromatic N) is 1. The van der Waals surface area contributed by atoms with Crippen LogP contribution in [0, 0.1) is 0 Å². The third kappa shape index (κ3) is 5.26. The smallest absolute Gasteiger partial charge is 0.189 e. The van der Waals surface area contributed by atoms with Crippen molar-refractivity contribution in [1.29, 1.82) is 0 Å². The fourth-order valence-corrected chi connectivity index (χ4v) is 2.97. The first-order valence-electron chi connectivity index (χ1n) is 7.39. The molecule has 124 valence electrons. The van der Waals surface area contributed by atoms with Crippen molar-refractivity contribution in [3.05, 3.63) is 40.6 Å². The van der Waals surface area contributed by atoms with Gasteiger partial charge in [0.2, 0.25) is 0 Å². The van der Waals surface area contributed by atoms with Crippen LogP contribution in [-0.4, -0.2) is 32.8 Å². The summed E-state index contributed by atoms with van der Waals surface area (Å²) >= 11 is 1.68. The average Bonchev–Trinajstić information content (AvgIpc) is 3.02. The fraction of sp³-hybridized carbons (Fsp3) is 0.353. The minimum atomic E-state index is 0.141. The van der Waals surface area contributed by atoms with Crippen LogP contribution in [0.1, 0.15) is 11.8 Å². The van der Waals surface area contributed by atoms with E-state index in [1.165, 1.54) is 10.4 Å². The Balaban J connectivity index is 1.96. The lowest BCUT2D eigenvalue weighted by Crippen LogP contribution is -2.40. The summed E-state index contributed by atoms with van der Waals surface area (Å²) in [6.07, 6.45) is 0. The minimum Gasteiger partial charge on any atom is -0.497 e. The molecule has 2 aromatic rings. The van der Waals surface area contributed by atoms with Gasteiger partial charge in [0, 0.05) is 18.0 Å². The van der Waals surface area contributed by atoms with E-state index in [1.54, 1.807) is 25.6 Å². The van der Waals surface area contributed by atoms with E-state index in [9.17, 15) is 0 Å². The number of guanidine groups is 1. The first-order valence-corrected chi connectivity index (χ1v) is 8.27. The van der Waals surface area contributed by atoms with Gasteiger partial charge in [0.1, 0.15) is 5.75 Å². The number of ether oxygens (including phenoxy) is 2. The first kappa shape index (κ1) is 17.3. The van der Waals surface area contributed by atoms with Gasteiger partial charge in [-0.1, -0.05) is 12.1 Å². The Kier molecular flexibility index (Phi) is 6.43. The predicted molar refractivity (Wildman–Crippen MR) is 96.1 cm³/mol. The van der Waals surface area contributed by atoms with Crippen LogP contribution in [0.5, 0.6) is 5.75 Å². The Morgan fingerprint density at radius 3 is 2.65 bits per heavy atom. The molecule has 1 aromatic carbocycles. The molecule has 1 aromatic heterocycles. The van der Waals surface area contributed by atoms with Gasteiger partial charge < -0.3 is 20.5 Å². The van der Waals surface area contributed by atoms with Crippen molar-refractivity contribution in [1.82, 2.24) is 5.32 Å². The third-order valence-corrected chi connectivity index (χ3v) is 4.21. The molecule has 0 aliphatic rings. The van der Waals surface area contributed by atoms with Crippen molar-refractivity contribution in [2.45, 2.75) is 19.5 Å². The van der Waals surface area contributed by atoms with Crippen LogP contribution in [0.25, 0.3) is 11.1 Å². The summed E-state index contributed by atoms with van der Waals surface area (Å²) in [7, 11) is 3.33. The van der Waals surface area contributed by atoms with Crippen molar-refractivity contribution in [3.63, 3.8) is 0 Å². The highest BCUT2D eigenvalue weighted by molar-refractivity contribution is 7.10. The molecular formula is C17H23N3O2S. The summed E-state index contributed by atoms with van der Waals surface area (Å²) in [5.74, 6) is 1.30. The molecule has 3 N–H and O–H groups in total. The Labute approximate surface area is 141 Å². The number of hydrogen-bond acceptors (Lipinski definition) is 4. The Morgan fingerprint density at radius 2 is 2.00 bits per heavy atom. The van der Waals surface area contributed by atoms with E-state index in [1.807, 2.05) is 19.1 Å². The van der Waals surface area contributed by atoms with E-state index in [0.29, 0.717) is 19.1 Å². The van der Waals surface area contributed by atoms with E-state index in [2.05, 4.69) is 33.9 Å². The number of rotatable bonds is 7. The predicted octanol–water partition coefficient (Wildman–Crippen LogP) is 2.86. The molecule has 0 saturated carbocycles. The third-order valence-electron chi connectivity index (χ3n) is 3.29. The van der Waals surface area contributed by atoms with Gasteiger partial charge in [0.15, 0.2) is 5.96 Å². The number of aliphatic imine (C=N–C) groups is 1. The van der Waals surface area contributed by atoms with E-state index in [-0.39, 0.29) is 6.04 Å². The summed E-state index contributed by atoms with van der Waals surface area (Å²) in [5.41, 5.74) is 8.22. The zero-order chi connectivity index (χ0) is 16.7. The van der Waals surface area contributed by atoms with Crippen molar-refractivity contribution in [2.24, 2.45) is 10.7 Å².